The summed E-state index contributed by atoms with van der Waals surface area (Å²) >= 11 is 0. The number of nitrogens with zero attached hydrogens (tertiary/aromatic N) is 1. The molecule has 1 heterocycles. The van der Waals surface area contributed by atoms with E-state index in [2.05, 4.69) is 6.92 Å². The maximum absolute atomic E-state index is 12.2. The van der Waals surface area contributed by atoms with Gasteiger partial charge in [-0.3, -0.25) is 4.90 Å². The topological polar surface area (TPSA) is 59.0 Å². The van der Waals surface area contributed by atoms with Crippen LogP contribution in [0.1, 0.15) is 51.0 Å². The molecule has 0 unspecified atom stereocenters. The van der Waals surface area contributed by atoms with E-state index in [1.807, 2.05) is 24.3 Å². The molecule has 0 spiro atoms. The number of ether oxygens (including phenoxy) is 2. The molecule has 1 aliphatic heterocycles. The van der Waals surface area contributed by atoms with Gasteiger partial charge >= 0.3 is 6.09 Å². The van der Waals surface area contributed by atoms with Gasteiger partial charge in [0.1, 0.15) is 11.9 Å². The van der Waals surface area contributed by atoms with Gasteiger partial charge < -0.3 is 14.6 Å². The van der Waals surface area contributed by atoms with Crippen molar-refractivity contribution in [1.82, 2.24) is 4.90 Å². The molecule has 1 fully saturated rings. The quantitative estimate of drug-likeness (QED) is 0.662. The second-order valence-corrected chi connectivity index (χ2v) is 6.35. The molecular weight excluding hydrogens is 306 g/mol. The van der Waals surface area contributed by atoms with Crippen LogP contribution in [0.15, 0.2) is 24.3 Å². The Balaban J connectivity index is 1.90. The van der Waals surface area contributed by atoms with Gasteiger partial charge in [-0.2, -0.15) is 0 Å². The van der Waals surface area contributed by atoms with E-state index in [1.165, 1.54) is 19.3 Å². The van der Waals surface area contributed by atoms with Crippen molar-refractivity contribution in [3.05, 3.63) is 29.8 Å². The Morgan fingerprint density at radius 1 is 1.17 bits per heavy atom. The Morgan fingerprint density at radius 2 is 1.88 bits per heavy atom. The second kappa shape index (κ2) is 9.52. The summed E-state index contributed by atoms with van der Waals surface area (Å²) < 4.78 is 10.7. The molecule has 5 nitrogen and oxygen atoms in total. The summed E-state index contributed by atoms with van der Waals surface area (Å²) in [5.41, 5.74) is 0.995. The fourth-order valence-corrected chi connectivity index (χ4v) is 3.14. The van der Waals surface area contributed by atoms with Crippen LogP contribution in [-0.2, 0) is 11.3 Å². The van der Waals surface area contributed by atoms with Crippen LogP contribution in [0.3, 0.4) is 0 Å². The van der Waals surface area contributed by atoms with Gasteiger partial charge in [0.15, 0.2) is 0 Å². The van der Waals surface area contributed by atoms with Gasteiger partial charge in [0, 0.05) is 6.54 Å². The normalized spacial score (nSPS) is 20.3. The van der Waals surface area contributed by atoms with E-state index in [1.54, 1.807) is 12.0 Å². The van der Waals surface area contributed by atoms with Crippen molar-refractivity contribution in [2.45, 2.75) is 64.1 Å². The average molecular weight is 335 g/mol. The first-order valence-electron chi connectivity index (χ1n) is 8.90. The molecular formula is C19H29NO4. The predicted molar refractivity (Wildman–Crippen MR) is 93.1 cm³/mol. The molecule has 1 aromatic rings. The van der Waals surface area contributed by atoms with Gasteiger partial charge in [-0.1, -0.05) is 44.7 Å². The summed E-state index contributed by atoms with van der Waals surface area (Å²) in [6.07, 6.45) is 6.15. The van der Waals surface area contributed by atoms with E-state index in [4.69, 9.17) is 9.47 Å². The number of unbranched alkanes of at least 4 members (excludes halogenated alkanes) is 4. The van der Waals surface area contributed by atoms with E-state index in [9.17, 15) is 9.90 Å². The third-order valence-corrected chi connectivity index (χ3v) is 4.61. The van der Waals surface area contributed by atoms with Gasteiger partial charge in [0.25, 0.3) is 0 Å². The highest BCUT2D eigenvalue weighted by Crippen LogP contribution is 2.26. The largest absolute Gasteiger partial charge is 0.497 e. The van der Waals surface area contributed by atoms with Crippen LogP contribution in [-0.4, -0.2) is 42.0 Å². The molecule has 2 rings (SSSR count). The standard InChI is InChI=1S/C19H29NO4/c1-3-4-5-6-7-8-18-17(14-21)20(19(22)24-18)13-15-9-11-16(23-2)12-10-15/h9-12,17-18,21H,3-8,13-14H2,1-2H3/t17-,18+/m0/s1. The summed E-state index contributed by atoms with van der Waals surface area (Å²) in [6.45, 7) is 2.57. The van der Waals surface area contributed by atoms with Gasteiger partial charge in [0.2, 0.25) is 0 Å². The van der Waals surface area contributed by atoms with Crippen molar-refractivity contribution in [3.8, 4) is 5.75 Å². The molecule has 0 saturated carbocycles. The SMILES string of the molecule is CCCCCCC[C@H]1OC(=O)N(Cc2ccc(OC)cc2)[C@H]1CO. The molecule has 5 heteroatoms. The molecule has 24 heavy (non-hydrogen) atoms. The molecule has 1 N–H and O–H groups in total. The van der Waals surface area contributed by atoms with E-state index in [-0.39, 0.29) is 24.8 Å². The monoisotopic (exact) mass is 335 g/mol. The van der Waals surface area contributed by atoms with Gasteiger partial charge in [-0.25, -0.2) is 4.79 Å². The van der Waals surface area contributed by atoms with Crippen molar-refractivity contribution in [3.63, 3.8) is 0 Å². The second-order valence-electron chi connectivity index (χ2n) is 6.35. The zero-order chi connectivity index (χ0) is 17.4. The average Bonchev–Trinajstić information content (AvgIpc) is 2.90. The molecule has 1 aromatic carbocycles. The van der Waals surface area contributed by atoms with Crippen molar-refractivity contribution in [1.29, 1.82) is 0 Å². The molecule has 0 aliphatic carbocycles. The lowest BCUT2D eigenvalue weighted by Gasteiger charge is -2.22. The van der Waals surface area contributed by atoms with E-state index in [0.29, 0.717) is 6.54 Å². The van der Waals surface area contributed by atoms with E-state index >= 15 is 0 Å². The van der Waals surface area contributed by atoms with Crippen LogP contribution < -0.4 is 4.74 Å². The van der Waals surface area contributed by atoms with Crippen molar-refractivity contribution in [2.24, 2.45) is 0 Å². The van der Waals surface area contributed by atoms with Crippen molar-refractivity contribution < 1.29 is 19.4 Å². The van der Waals surface area contributed by atoms with E-state index in [0.717, 1.165) is 30.6 Å². The lowest BCUT2D eigenvalue weighted by atomic mass is 10.0. The fraction of sp³-hybridized carbons (Fsp3) is 0.632. The number of aliphatic hydroxyl groups excluding tert-OH is 1. The summed E-state index contributed by atoms with van der Waals surface area (Å²) in [7, 11) is 1.62. The molecule has 2 atom stereocenters. The lowest BCUT2D eigenvalue weighted by molar-refractivity contribution is 0.108. The number of amides is 1. The maximum atomic E-state index is 12.2. The smallest absolute Gasteiger partial charge is 0.410 e. The number of methoxy groups -OCH3 is 1. The number of carbonyl (C=O) groups is 1. The Labute approximate surface area is 144 Å². The minimum absolute atomic E-state index is 0.0679. The zero-order valence-electron chi connectivity index (χ0n) is 14.7. The Morgan fingerprint density at radius 3 is 2.50 bits per heavy atom. The van der Waals surface area contributed by atoms with Crippen LogP contribution in [0.5, 0.6) is 5.75 Å². The van der Waals surface area contributed by atoms with Gasteiger partial charge in [-0.15, -0.1) is 0 Å². The number of carbonyl (C=O) groups excluding carboxylic acids is 1. The summed E-state index contributed by atoms with van der Waals surface area (Å²) in [6, 6.07) is 7.34. The van der Waals surface area contributed by atoms with Crippen LogP contribution in [0.2, 0.25) is 0 Å². The number of hydrogen-bond donors (Lipinski definition) is 1. The summed E-state index contributed by atoms with van der Waals surface area (Å²) in [4.78, 5) is 13.8. The molecule has 0 radical (unpaired) electrons. The first-order chi connectivity index (χ1) is 11.7. The first kappa shape index (κ1) is 18.6. The highest BCUT2D eigenvalue weighted by molar-refractivity contribution is 5.70. The van der Waals surface area contributed by atoms with Crippen LogP contribution >= 0.6 is 0 Å². The van der Waals surface area contributed by atoms with Crippen LogP contribution in [0, 0.1) is 0 Å². The summed E-state index contributed by atoms with van der Waals surface area (Å²) in [5.74, 6) is 0.784. The maximum Gasteiger partial charge on any atom is 0.410 e. The number of rotatable bonds is 10. The Kier molecular flexibility index (Phi) is 7.37. The third kappa shape index (κ3) is 4.87. The van der Waals surface area contributed by atoms with Crippen LogP contribution in [0.4, 0.5) is 4.79 Å². The molecule has 1 saturated heterocycles. The highest BCUT2D eigenvalue weighted by atomic mass is 16.6. The zero-order valence-corrected chi connectivity index (χ0v) is 14.7. The Bertz CT molecular complexity index is 503. The summed E-state index contributed by atoms with van der Waals surface area (Å²) in [5, 5.41) is 9.73. The van der Waals surface area contributed by atoms with Crippen LogP contribution in [0.25, 0.3) is 0 Å². The molecule has 0 aromatic heterocycles. The van der Waals surface area contributed by atoms with Crippen molar-refractivity contribution >= 4 is 6.09 Å². The third-order valence-electron chi connectivity index (χ3n) is 4.61. The fourth-order valence-electron chi connectivity index (χ4n) is 3.14. The Hall–Kier alpha value is -1.75. The molecule has 1 aliphatic rings. The van der Waals surface area contributed by atoms with Gasteiger partial charge in [-0.05, 0) is 30.5 Å². The predicted octanol–water partition coefficient (Wildman–Crippen LogP) is 3.74. The number of aliphatic hydroxyl groups is 1. The number of cyclic esters (lactones) is 1. The van der Waals surface area contributed by atoms with E-state index < -0.39 is 0 Å². The molecule has 0 bridgehead atoms. The lowest BCUT2D eigenvalue weighted by Crippen LogP contribution is -2.39. The molecule has 1 amide bonds. The van der Waals surface area contributed by atoms with Crippen molar-refractivity contribution in [2.75, 3.05) is 13.7 Å². The molecule has 134 valence electrons. The first-order valence-corrected chi connectivity index (χ1v) is 8.90. The minimum atomic E-state index is -0.330. The van der Waals surface area contributed by atoms with Gasteiger partial charge in [0.05, 0.1) is 19.8 Å². The minimum Gasteiger partial charge on any atom is -0.497 e. The number of benzene rings is 1. The number of hydrogen-bond acceptors (Lipinski definition) is 4. The highest BCUT2D eigenvalue weighted by Gasteiger charge is 2.40.